The van der Waals surface area contributed by atoms with Crippen LogP contribution >= 0.6 is 0 Å². The normalized spacial score (nSPS) is 14.7. The Hall–Kier alpha value is -2.08. The van der Waals surface area contributed by atoms with Gasteiger partial charge in [0.25, 0.3) is 0 Å². The number of anilines is 2. The molecule has 1 aromatic rings. The van der Waals surface area contributed by atoms with Gasteiger partial charge in [-0.1, -0.05) is 12.8 Å². The van der Waals surface area contributed by atoms with Gasteiger partial charge in [-0.3, -0.25) is 14.5 Å². The van der Waals surface area contributed by atoms with Crippen LogP contribution in [0.4, 0.5) is 11.4 Å². The van der Waals surface area contributed by atoms with E-state index in [-0.39, 0.29) is 24.9 Å². The molecule has 0 aromatic heterocycles. The molecule has 0 unspecified atom stereocenters. The van der Waals surface area contributed by atoms with Gasteiger partial charge in [-0.25, -0.2) is 0 Å². The van der Waals surface area contributed by atoms with Gasteiger partial charge in [0.2, 0.25) is 11.8 Å². The molecule has 1 N–H and O–H groups in total. The van der Waals surface area contributed by atoms with Gasteiger partial charge in [0.05, 0.1) is 13.1 Å². The molecule has 1 heterocycles. The number of nitrogens with zero attached hydrogens (tertiary/aromatic N) is 3. The Morgan fingerprint density at radius 2 is 1.56 bits per heavy atom. The molecule has 0 saturated carbocycles. The molecule has 2 amide bonds. The zero-order valence-electron chi connectivity index (χ0n) is 17.0. The van der Waals surface area contributed by atoms with Crippen molar-refractivity contribution in [2.24, 2.45) is 0 Å². The molecule has 1 aliphatic rings. The standard InChI is InChI=1S/C21H34N4O2/c1-4-24(5-2)21(27)17-23(3)16-20(26)22-18-10-12-19(13-11-18)25-14-8-6-7-9-15-25/h10-13H,4-9,14-17H2,1-3H3,(H,22,26). The Kier molecular flexibility index (Phi) is 8.58. The summed E-state index contributed by atoms with van der Waals surface area (Å²) in [4.78, 5) is 30.3. The third kappa shape index (κ3) is 6.86. The zero-order valence-corrected chi connectivity index (χ0v) is 17.0. The first-order chi connectivity index (χ1) is 13.0. The number of carbonyl (C=O) groups is 2. The molecular formula is C21H34N4O2. The van der Waals surface area contributed by atoms with Crippen LogP contribution in [-0.2, 0) is 9.59 Å². The zero-order chi connectivity index (χ0) is 19.6. The topological polar surface area (TPSA) is 55.9 Å². The SMILES string of the molecule is CCN(CC)C(=O)CN(C)CC(=O)Nc1ccc(N2CCCCCC2)cc1. The minimum Gasteiger partial charge on any atom is -0.372 e. The largest absolute Gasteiger partial charge is 0.372 e. The number of likely N-dealkylation sites (N-methyl/N-ethyl adjacent to an activating group) is 2. The highest BCUT2D eigenvalue weighted by molar-refractivity contribution is 5.92. The van der Waals surface area contributed by atoms with Crippen molar-refractivity contribution < 1.29 is 9.59 Å². The Labute approximate surface area is 163 Å². The second-order valence-corrected chi connectivity index (χ2v) is 7.23. The van der Waals surface area contributed by atoms with Crippen LogP contribution in [0.5, 0.6) is 0 Å². The van der Waals surface area contributed by atoms with E-state index < -0.39 is 0 Å². The van der Waals surface area contributed by atoms with Crippen molar-refractivity contribution in [3.63, 3.8) is 0 Å². The van der Waals surface area contributed by atoms with Crippen LogP contribution in [0, 0.1) is 0 Å². The summed E-state index contributed by atoms with van der Waals surface area (Å²) < 4.78 is 0. The van der Waals surface area contributed by atoms with Gasteiger partial charge in [-0.05, 0) is 58.0 Å². The van der Waals surface area contributed by atoms with E-state index in [1.807, 2.05) is 26.0 Å². The summed E-state index contributed by atoms with van der Waals surface area (Å²) in [6, 6.07) is 8.07. The van der Waals surface area contributed by atoms with Gasteiger partial charge in [0.1, 0.15) is 0 Å². The van der Waals surface area contributed by atoms with Crippen LogP contribution in [0.3, 0.4) is 0 Å². The molecule has 1 aromatic carbocycles. The molecule has 6 nitrogen and oxygen atoms in total. The van der Waals surface area contributed by atoms with Crippen LogP contribution < -0.4 is 10.2 Å². The lowest BCUT2D eigenvalue weighted by Gasteiger charge is -2.23. The summed E-state index contributed by atoms with van der Waals surface area (Å²) in [6.45, 7) is 7.97. The van der Waals surface area contributed by atoms with Gasteiger partial charge in [0, 0.05) is 37.6 Å². The maximum absolute atomic E-state index is 12.3. The van der Waals surface area contributed by atoms with Gasteiger partial charge in [-0.2, -0.15) is 0 Å². The molecule has 0 spiro atoms. The molecule has 27 heavy (non-hydrogen) atoms. The van der Waals surface area contributed by atoms with Crippen molar-refractivity contribution in [2.75, 3.05) is 56.5 Å². The number of hydrogen-bond acceptors (Lipinski definition) is 4. The highest BCUT2D eigenvalue weighted by atomic mass is 16.2. The predicted molar refractivity (Wildman–Crippen MR) is 111 cm³/mol. The van der Waals surface area contributed by atoms with E-state index in [2.05, 4.69) is 22.3 Å². The van der Waals surface area contributed by atoms with Crippen molar-refractivity contribution >= 4 is 23.2 Å². The molecule has 1 saturated heterocycles. The molecule has 0 radical (unpaired) electrons. The second kappa shape index (κ2) is 10.9. The Balaban J connectivity index is 1.82. The van der Waals surface area contributed by atoms with E-state index in [0.29, 0.717) is 13.1 Å². The Morgan fingerprint density at radius 1 is 0.963 bits per heavy atom. The second-order valence-electron chi connectivity index (χ2n) is 7.23. The summed E-state index contributed by atoms with van der Waals surface area (Å²) in [7, 11) is 1.80. The molecule has 0 bridgehead atoms. The lowest BCUT2D eigenvalue weighted by Crippen LogP contribution is -2.41. The first-order valence-corrected chi connectivity index (χ1v) is 10.1. The summed E-state index contributed by atoms with van der Waals surface area (Å²) in [6.07, 6.45) is 5.12. The van der Waals surface area contributed by atoms with Crippen LogP contribution in [0.2, 0.25) is 0 Å². The minimum absolute atomic E-state index is 0.0529. The van der Waals surface area contributed by atoms with Crippen molar-refractivity contribution in [3.8, 4) is 0 Å². The van der Waals surface area contributed by atoms with E-state index in [1.54, 1.807) is 16.8 Å². The van der Waals surface area contributed by atoms with Crippen LogP contribution in [0.1, 0.15) is 39.5 Å². The van der Waals surface area contributed by atoms with Gasteiger partial charge < -0.3 is 15.1 Å². The third-order valence-electron chi connectivity index (χ3n) is 5.06. The summed E-state index contributed by atoms with van der Waals surface area (Å²) >= 11 is 0. The monoisotopic (exact) mass is 374 g/mol. The highest BCUT2D eigenvalue weighted by Gasteiger charge is 2.15. The summed E-state index contributed by atoms with van der Waals surface area (Å²) in [5, 5.41) is 2.92. The van der Waals surface area contributed by atoms with Gasteiger partial charge in [-0.15, -0.1) is 0 Å². The lowest BCUT2D eigenvalue weighted by atomic mass is 10.2. The first kappa shape index (κ1) is 21.2. The molecule has 1 aliphatic heterocycles. The number of nitrogens with one attached hydrogen (secondary N) is 1. The molecule has 1 fully saturated rings. The molecule has 0 atom stereocenters. The lowest BCUT2D eigenvalue weighted by molar-refractivity contribution is -0.132. The molecule has 150 valence electrons. The van der Waals surface area contributed by atoms with Crippen LogP contribution in [0.25, 0.3) is 0 Å². The number of benzene rings is 1. The minimum atomic E-state index is -0.104. The average Bonchev–Trinajstić information content (AvgIpc) is 2.92. The maximum atomic E-state index is 12.3. The predicted octanol–water partition coefficient (Wildman–Crippen LogP) is 2.81. The highest BCUT2D eigenvalue weighted by Crippen LogP contribution is 2.21. The van der Waals surface area contributed by atoms with Crippen molar-refractivity contribution in [2.45, 2.75) is 39.5 Å². The molecular weight excluding hydrogens is 340 g/mol. The van der Waals surface area contributed by atoms with E-state index in [4.69, 9.17) is 0 Å². The fourth-order valence-corrected chi connectivity index (χ4v) is 3.49. The van der Waals surface area contributed by atoms with Gasteiger partial charge >= 0.3 is 0 Å². The Bertz CT molecular complexity index is 591. The van der Waals surface area contributed by atoms with E-state index >= 15 is 0 Å². The van der Waals surface area contributed by atoms with E-state index in [1.165, 1.54) is 31.4 Å². The maximum Gasteiger partial charge on any atom is 0.238 e. The quantitative estimate of drug-likeness (QED) is 0.760. The molecule has 0 aliphatic carbocycles. The third-order valence-corrected chi connectivity index (χ3v) is 5.06. The Morgan fingerprint density at radius 3 is 2.11 bits per heavy atom. The number of amides is 2. The number of rotatable bonds is 8. The number of hydrogen-bond donors (Lipinski definition) is 1. The summed E-state index contributed by atoms with van der Waals surface area (Å²) in [5.41, 5.74) is 2.01. The summed E-state index contributed by atoms with van der Waals surface area (Å²) in [5.74, 6) is -0.0514. The molecule has 6 heteroatoms. The molecule has 2 rings (SSSR count). The van der Waals surface area contributed by atoms with E-state index in [9.17, 15) is 9.59 Å². The first-order valence-electron chi connectivity index (χ1n) is 10.1. The van der Waals surface area contributed by atoms with Crippen LogP contribution in [-0.4, -0.2) is 67.9 Å². The van der Waals surface area contributed by atoms with Gasteiger partial charge in [0.15, 0.2) is 0 Å². The fraction of sp³-hybridized carbons (Fsp3) is 0.619. The van der Waals surface area contributed by atoms with E-state index in [0.717, 1.165) is 18.8 Å². The van der Waals surface area contributed by atoms with Crippen molar-refractivity contribution in [3.05, 3.63) is 24.3 Å². The fourth-order valence-electron chi connectivity index (χ4n) is 3.49. The van der Waals surface area contributed by atoms with Crippen molar-refractivity contribution in [1.29, 1.82) is 0 Å². The number of carbonyl (C=O) groups excluding carboxylic acids is 2. The smallest absolute Gasteiger partial charge is 0.238 e. The van der Waals surface area contributed by atoms with Crippen LogP contribution in [0.15, 0.2) is 24.3 Å². The van der Waals surface area contributed by atoms with Crippen molar-refractivity contribution in [1.82, 2.24) is 9.80 Å². The average molecular weight is 375 g/mol.